The van der Waals surface area contributed by atoms with Crippen molar-refractivity contribution < 1.29 is 4.39 Å². The van der Waals surface area contributed by atoms with E-state index in [2.05, 4.69) is 175 Å². The zero-order valence-electron chi connectivity index (χ0n) is 34.2. The SMILES string of the molecule is CC1CC2CC(C)C3(c4ccccc4-c4cc(N(c5ccc(F)cc5)c5ccc6ccc7c(N(c8ccccc8)c8ccccc8)ccc8ccc5c6c87)ccc43)C(C1)C2. The van der Waals surface area contributed by atoms with Crippen LogP contribution in [0.5, 0.6) is 0 Å². The molecule has 3 aliphatic carbocycles. The van der Waals surface area contributed by atoms with Gasteiger partial charge in [-0.25, -0.2) is 4.39 Å². The lowest BCUT2D eigenvalue weighted by Gasteiger charge is -2.54. The van der Waals surface area contributed by atoms with E-state index in [1.807, 2.05) is 12.1 Å². The van der Waals surface area contributed by atoms with Crippen LogP contribution in [0, 0.1) is 29.5 Å². The average Bonchev–Trinajstić information content (AvgIpc) is 3.57. The molecule has 0 aliphatic heterocycles. The van der Waals surface area contributed by atoms with Gasteiger partial charge >= 0.3 is 0 Å². The highest BCUT2D eigenvalue weighted by Gasteiger charge is 2.56. The fourth-order valence-corrected chi connectivity index (χ4v) is 12.6. The molecule has 2 bridgehead atoms. The van der Waals surface area contributed by atoms with E-state index < -0.39 is 0 Å². The van der Waals surface area contributed by atoms with Crippen LogP contribution >= 0.6 is 0 Å². The van der Waals surface area contributed by atoms with E-state index in [4.69, 9.17) is 0 Å². The second-order valence-electron chi connectivity index (χ2n) is 18.1. The lowest BCUT2D eigenvalue weighted by Crippen LogP contribution is -2.49. The number of hydrogen-bond donors (Lipinski definition) is 0. The van der Waals surface area contributed by atoms with Crippen molar-refractivity contribution in [3.8, 4) is 11.1 Å². The molecule has 60 heavy (non-hydrogen) atoms. The highest BCUT2D eigenvalue weighted by atomic mass is 19.1. The molecule has 5 atom stereocenters. The number of benzene rings is 9. The molecule has 2 fully saturated rings. The first kappa shape index (κ1) is 35.5. The van der Waals surface area contributed by atoms with Crippen LogP contribution in [0.2, 0.25) is 0 Å². The molecule has 5 unspecified atom stereocenters. The van der Waals surface area contributed by atoms with Crippen LogP contribution in [0.3, 0.4) is 0 Å². The summed E-state index contributed by atoms with van der Waals surface area (Å²) in [5, 5.41) is 7.25. The monoisotopic (exact) mass is 778 g/mol. The molecule has 2 saturated carbocycles. The number of anilines is 6. The van der Waals surface area contributed by atoms with Gasteiger partial charge in [0.15, 0.2) is 0 Å². The van der Waals surface area contributed by atoms with Crippen molar-refractivity contribution in [2.45, 2.75) is 44.9 Å². The van der Waals surface area contributed by atoms with Crippen molar-refractivity contribution in [2.24, 2.45) is 23.7 Å². The maximum Gasteiger partial charge on any atom is 0.123 e. The van der Waals surface area contributed by atoms with E-state index in [9.17, 15) is 4.39 Å². The molecule has 9 aromatic rings. The first-order chi connectivity index (χ1) is 29.5. The predicted molar refractivity (Wildman–Crippen MR) is 249 cm³/mol. The van der Waals surface area contributed by atoms with Gasteiger partial charge in [0.1, 0.15) is 5.82 Å². The second kappa shape index (κ2) is 13.5. The Hall–Kier alpha value is -6.45. The van der Waals surface area contributed by atoms with Gasteiger partial charge in [0.05, 0.1) is 11.4 Å². The zero-order chi connectivity index (χ0) is 40.1. The molecule has 0 saturated heterocycles. The van der Waals surface area contributed by atoms with Gasteiger partial charge in [0.25, 0.3) is 0 Å². The molecule has 9 aromatic carbocycles. The van der Waals surface area contributed by atoms with Crippen molar-refractivity contribution >= 4 is 66.4 Å². The summed E-state index contributed by atoms with van der Waals surface area (Å²) < 4.78 is 14.7. The van der Waals surface area contributed by atoms with Crippen molar-refractivity contribution in [3.63, 3.8) is 0 Å². The Morgan fingerprint density at radius 3 is 1.65 bits per heavy atom. The molecule has 0 amide bonds. The van der Waals surface area contributed by atoms with Crippen molar-refractivity contribution in [3.05, 3.63) is 193 Å². The minimum absolute atomic E-state index is 0.0223. The van der Waals surface area contributed by atoms with Crippen LogP contribution in [-0.4, -0.2) is 0 Å². The molecule has 0 radical (unpaired) electrons. The zero-order valence-corrected chi connectivity index (χ0v) is 34.2. The Balaban J connectivity index is 1.07. The molecule has 0 N–H and O–H groups in total. The molecule has 292 valence electrons. The standard InChI is InChI=1S/C57H47FN2/c1-36-31-38-33-37(2)57(41(32-36)34-38)51-16-10-9-15-47(51)50-35-46(25-28-52(50)57)60(45-23-21-42(58)22-24-45)54-30-20-40-17-26-48-53(29-19-39-18-27-49(54)56(40)55(39)48)59(43-11-5-3-6-12-43)44-13-7-4-8-14-44/h3-30,35-38,41H,31-34H2,1-2H3. The molecule has 12 rings (SSSR count). The third-order valence-corrected chi connectivity index (χ3v) is 14.7. The van der Waals surface area contributed by atoms with Crippen LogP contribution in [0.25, 0.3) is 43.4 Å². The number of rotatable bonds is 6. The van der Waals surface area contributed by atoms with E-state index in [0.717, 1.165) is 46.0 Å². The maximum atomic E-state index is 14.7. The summed E-state index contributed by atoms with van der Waals surface area (Å²) in [4.78, 5) is 4.73. The number of nitrogens with zero attached hydrogens (tertiary/aromatic N) is 2. The predicted octanol–water partition coefficient (Wildman–Crippen LogP) is 16.0. The van der Waals surface area contributed by atoms with Gasteiger partial charge in [-0.05, 0) is 166 Å². The smallest absolute Gasteiger partial charge is 0.123 e. The summed E-state index contributed by atoms with van der Waals surface area (Å²) in [6, 6.07) is 63.1. The molecule has 1 spiro atoms. The number of fused-ring (bicyclic) bond motifs is 8. The summed E-state index contributed by atoms with van der Waals surface area (Å²) >= 11 is 0. The van der Waals surface area contributed by atoms with Crippen molar-refractivity contribution in [2.75, 3.05) is 9.80 Å². The molecule has 2 nitrogen and oxygen atoms in total. The van der Waals surface area contributed by atoms with E-state index in [-0.39, 0.29) is 11.2 Å². The lowest BCUT2D eigenvalue weighted by atomic mass is 9.49. The quantitative estimate of drug-likeness (QED) is 0.155. The molecule has 3 aliphatic rings. The van der Waals surface area contributed by atoms with Crippen molar-refractivity contribution in [1.29, 1.82) is 0 Å². The van der Waals surface area contributed by atoms with Crippen LogP contribution in [0.15, 0.2) is 176 Å². The maximum absolute atomic E-state index is 14.7. The molecule has 0 aromatic heterocycles. The van der Waals surface area contributed by atoms with Gasteiger partial charge in [-0.1, -0.05) is 117 Å². The Morgan fingerprint density at radius 1 is 0.467 bits per heavy atom. The summed E-state index contributed by atoms with van der Waals surface area (Å²) in [6.45, 7) is 5.02. The van der Waals surface area contributed by atoms with Crippen LogP contribution < -0.4 is 9.80 Å². The van der Waals surface area contributed by atoms with E-state index in [1.54, 1.807) is 12.1 Å². The Labute approximate surface area is 351 Å². The number of halogens is 1. The number of para-hydroxylation sites is 2. The van der Waals surface area contributed by atoms with E-state index >= 15 is 0 Å². The van der Waals surface area contributed by atoms with Crippen molar-refractivity contribution in [1.82, 2.24) is 0 Å². The highest BCUT2D eigenvalue weighted by molar-refractivity contribution is 6.28. The molecule has 0 heterocycles. The van der Waals surface area contributed by atoms with E-state index in [1.165, 1.54) is 80.3 Å². The topological polar surface area (TPSA) is 6.48 Å². The van der Waals surface area contributed by atoms with Crippen LogP contribution in [-0.2, 0) is 5.41 Å². The Bertz CT molecular complexity index is 3020. The molecular formula is C57H47FN2. The molecule has 3 heteroatoms. The largest absolute Gasteiger partial charge is 0.310 e. The minimum atomic E-state index is -0.237. The third-order valence-electron chi connectivity index (χ3n) is 14.7. The second-order valence-corrected chi connectivity index (χ2v) is 18.1. The summed E-state index contributed by atoms with van der Waals surface area (Å²) in [7, 11) is 0. The number of hydrogen-bond acceptors (Lipinski definition) is 2. The van der Waals surface area contributed by atoms with Gasteiger partial charge in [-0.2, -0.15) is 0 Å². The third kappa shape index (κ3) is 5.17. The fourth-order valence-electron chi connectivity index (χ4n) is 12.6. The van der Waals surface area contributed by atoms with Gasteiger partial charge in [0, 0.05) is 38.9 Å². The first-order valence-electron chi connectivity index (χ1n) is 21.9. The van der Waals surface area contributed by atoms with Gasteiger partial charge in [-0.3, -0.25) is 0 Å². The summed E-state index contributed by atoms with van der Waals surface area (Å²) in [6.07, 6.45) is 5.27. The fraction of sp³-hybridized carbons (Fsp3) is 0.193. The molecular weight excluding hydrogens is 732 g/mol. The van der Waals surface area contributed by atoms with Crippen LogP contribution in [0.1, 0.15) is 50.7 Å². The Kier molecular flexibility index (Phi) is 8.01. The summed E-state index contributed by atoms with van der Waals surface area (Å²) in [5.74, 6) is 2.55. The van der Waals surface area contributed by atoms with Crippen LogP contribution in [0.4, 0.5) is 38.5 Å². The Morgan fingerprint density at radius 2 is 1.00 bits per heavy atom. The first-order valence-corrected chi connectivity index (χ1v) is 21.9. The normalized spacial score (nSPS) is 21.7. The lowest BCUT2D eigenvalue weighted by molar-refractivity contribution is 0.0426. The van der Waals surface area contributed by atoms with Gasteiger partial charge < -0.3 is 9.80 Å². The summed E-state index contributed by atoms with van der Waals surface area (Å²) in [5.41, 5.74) is 12.2. The van der Waals surface area contributed by atoms with Gasteiger partial charge in [-0.15, -0.1) is 0 Å². The van der Waals surface area contributed by atoms with E-state index in [0.29, 0.717) is 11.8 Å². The van der Waals surface area contributed by atoms with Gasteiger partial charge in [0.2, 0.25) is 0 Å². The average molecular weight is 779 g/mol. The highest BCUT2D eigenvalue weighted by Crippen LogP contribution is 2.65. The minimum Gasteiger partial charge on any atom is -0.310 e.